The maximum atomic E-state index is 12.9. The molecule has 0 saturated carbocycles. The van der Waals surface area contributed by atoms with Crippen LogP contribution in [0.15, 0.2) is 72.8 Å². The van der Waals surface area contributed by atoms with Gasteiger partial charge in [0.05, 0.1) is 16.6 Å². The Morgan fingerprint density at radius 3 is 2.28 bits per heavy atom. The van der Waals surface area contributed by atoms with Crippen molar-refractivity contribution in [3.63, 3.8) is 0 Å². The standard InChI is InChI=1S/C27H25F3N4O2/c28-27(29,30)21-9-5-19(6-10-21)17-33-13-15-34(16-14-33)26(35)20-7-11-22(12-8-20)36-18-25-31-23-3-1-2-4-24(23)32-25/h1-12H,13-18H2,(H,31,32). The predicted octanol–water partition coefficient (Wildman–Crippen LogP) is 5.12. The first kappa shape index (κ1) is 23.9. The van der Waals surface area contributed by atoms with Crippen LogP contribution in [0.1, 0.15) is 27.3 Å². The number of H-pyrrole nitrogens is 1. The molecule has 1 N–H and O–H groups in total. The quantitative estimate of drug-likeness (QED) is 0.404. The van der Waals surface area contributed by atoms with Crippen LogP contribution in [0.3, 0.4) is 0 Å². The number of alkyl halides is 3. The number of benzene rings is 3. The third-order valence-electron chi connectivity index (χ3n) is 6.26. The van der Waals surface area contributed by atoms with Crippen LogP contribution < -0.4 is 4.74 Å². The number of hydrogen-bond donors (Lipinski definition) is 1. The minimum Gasteiger partial charge on any atom is -0.486 e. The Bertz CT molecular complexity index is 1290. The molecule has 1 aliphatic heterocycles. The van der Waals surface area contributed by atoms with Crippen molar-refractivity contribution in [2.45, 2.75) is 19.3 Å². The summed E-state index contributed by atoms with van der Waals surface area (Å²) in [7, 11) is 0. The van der Waals surface area contributed by atoms with E-state index in [9.17, 15) is 18.0 Å². The van der Waals surface area contributed by atoms with Gasteiger partial charge in [0.2, 0.25) is 0 Å². The maximum Gasteiger partial charge on any atom is 0.416 e. The van der Waals surface area contributed by atoms with Crippen LogP contribution in [0.2, 0.25) is 0 Å². The highest BCUT2D eigenvalue weighted by Crippen LogP contribution is 2.29. The van der Waals surface area contributed by atoms with Gasteiger partial charge in [0, 0.05) is 38.3 Å². The van der Waals surface area contributed by atoms with E-state index in [1.807, 2.05) is 24.3 Å². The van der Waals surface area contributed by atoms with Crippen molar-refractivity contribution in [2.24, 2.45) is 0 Å². The molecule has 4 aromatic rings. The number of amides is 1. The lowest BCUT2D eigenvalue weighted by Gasteiger charge is -2.34. The molecule has 3 aromatic carbocycles. The number of imidazole rings is 1. The minimum absolute atomic E-state index is 0.0481. The zero-order valence-corrected chi connectivity index (χ0v) is 19.5. The van der Waals surface area contributed by atoms with E-state index in [1.54, 1.807) is 29.2 Å². The predicted molar refractivity (Wildman–Crippen MR) is 129 cm³/mol. The number of halogens is 3. The van der Waals surface area contributed by atoms with Gasteiger partial charge in [-0.2, -0.15) is 13.2 Å². The van der Waals surface area contributed by atoms with Crippen molar-refractivity contribution >= 4 is 16.9 Å². The van der Waals surface area contributed by atoms with Gasteiger partial charge in [0.15, 0.2) is 0 Å². The van der Waals surface area contributed by atoms with Gasteiger partial charge >= 0.3 is 6.18 Å². The van der Waals surface area contributed by atoms with Gasteiger partial charge in [-0.05, 0) is 54.1 Å². The van der Waals surface area contributed by atoms with E-state index < -0.39 is 11.7 Å². The molecular formula is C27H25F3N4O2. The van der Waals surface area contributed by atoms with Gasteiger partial charge in [0.25, 0.3) is 5.91 Å². The fourth-order valence-electron chi connectivity index (χ4n) is 4.27. The van der Waals surface area contributed by atoms with Crippen molar-refractivity contribution < 1.29 is 22.7 Å². The van der Waals surface area contributed by atoms with Crippen molar-refractivity contribution in [1.82, 2.24) is 19.8 Å². The first-order chi connectivity index (χ1) is 17.3. The molecule has 0 bridgehead atoms. The van der Waals surface area contributed by atoms with Crippen molar-refractivity contribution in [3.05, 3.63) is 95.3 Å². The number of nitrogens with one attached hydrogen (secondary N) is 1. The summed E-state index contributed by atoms with van der Waals surface area (Å²) >= 11 is 0. The molecule has 0 unspecified atom stereocenters. The van der Waals surface area contributed by atoms with Crippen LogP contribution in [-0.4, -0.2) is 51.9 Å². The van der Waals surface area contributed by atoms with Gasteiger partial charge in [-0.1, -0.05) is 24.3 Å². The number of ether oxygens (including phenoxy) is 1. The number of rotatable bonds is 6. The molecule has 186 valence electrons. The third kappa shape index (κ3) is 5.52. The number of carbonyl (C=O) groups is 1. The molecule has 1 amide bonds. The number of hydrogen-bond acceptors (Lipinski definition) is 4. The highest BCUT2D eigenvalue weighted by Gasteiger charge is 2.30. The van der Waals surface area contributed by atoms with Crippen molar-refractivity contribution in [2.75, 3.05) is 26.2 Å². The van der Waals surface area contributed by atoms with E-state index in [-0.39, 0.29) is 5.91 Å². The number of para-hydroxylation sites is 2. The molecule has 6 nitrogen and oxygen atoms in total. The molecule has 1 saturated heterocycles. The highest BCUT2D eigenvalue weighted by atomic mass is 19.4. The second-order valence-corrected chi connectivity index (χ2v) is 8.78. The average Bonchev–Trinajstić information content (AvgIpc) is 3.31. The fourth-order valence-corrected chi connectivity index (χ4v) is 4.27. The monoisotopic (exact) mass is 494 g/mol. The lowest BCUT2D eigenvalue weighted by molar-refractivity contribution is -0.137. The van der Waals surface area contributed by atoms with Crippen molar-refractivity contribution in [1.29, 1.82) is 0 Å². The lowest BCUT2D eigenvalue weighted by Crippen LogP contribution is -2.48. The number of piperazine rings is 1. The SMILES string of the molecule is O=C(c1ccc(OCc2nc3ccccc3[nH]2)cc1)N1CCN(Cc2ccc(C(F)(F)F)cc2)CC1. The molecular weight excluding hydrogens is 469 g/mol. The number of fused-ring (bicyclic) bond motifs is 1. The molecule has 5 rings (SSSR count). The Labute approximate surface area is 206 Å². The van der Waals surface area contributed by atoms with E-state index in [2.05, 4.69) is 14.9 Å². The van der Waals surface area contributed by atoms with E-state index in [0.717, 1.165) is 34.6 Å². The van der Waals surface area contributed by atoms with Crippen LogP contribution in [-0.2, 0) is 19.3 Å². The number of nitrogens with zero attached hydrogens (tertiary/aromatic N) is 3. The molecule has 1 aliphatic rings. The zero-order chi connectivity index (χ0) is 25.1. The second kappa shape index (κ2) is 10.0. The fraction of sp³-hybridized carbons (Fsp3) is 0.259. The Balaban J connectivity index is 1.11. The van der Waals surface area contributed by atoms with E-state index in [0.29, 0.717) is 50.6 Å². The van der Waals surface area contributed by atoms with Crippen LogP contribution in [0.25, 0.3) is 11.0 Å². The summed E-state index contributed by atoms with van der Waals surface area (Å²) in [6.07, 6.45) is -4.33. The van der Waals surface area contributed by atoms with E-state index in [1.165, 1.54) is 12.1 Å². The zero-order valence-electron chi connectivity index (χ0n) is 19.5. The maximum absolute atomic E-state index is 12.9. The molecule has 1 fully saturated rings. The summed E-state index contributed by atoms with van der Waals surface area (Å²) < 4.78 is 44.0. The molecule has 0 spiro atoms. The second-order valence-electron chi connectivity index (χ2n) is 8.78. The van der Waals surface area contributed by atoms with Gasteiger partial charge in [-0.15, -0.1) is 0 Å². The Hall–Kier alpha value is -3.85. The Morgan fingerprint density at radius 1 is 0.917 bits per heavy atom. The third-order valence-corrected chi connectivity index (χ3v) is 6.26. The molecule has 0 atom stereocenters. The van der Waals surface area contributed by atoms with Crippen LogP contribution in [0.5, 0.6) is 5.75 Å². The van der Waals surface area contributed by atoms with Gasteiger partial charge < -0.3 is 14.6 Å². The first-order valence-electron chi connectivity index (χ1n) is 11.7. The number of aromatic amines is 1. The minimum atomic E-state index is -4.33. The smallest absolute Gasteiger partial charge is 0.416 e. The summed E-state index contributed by atoms with van der Waals surface area (Å²) in [6, 6.07) is 20.1. The Morgan fingerprint density at radius 2 is 1.61 bits per heavy atom. The van der Waals surface area contributed by atoms with Gasteiger partial charge in [-0.3, -0.25) is 9.69 Å². The molecule has 0 aliphatic carbocycles. The van der Waals surface area contributed by atoms with Gasteiger partial charge in [0.1, 0.15) is 18.2 Å². The molecule has 9 heteroatoms. The van der Waals surface area contributed by atoms with E-state index in [4.69, 9.17) is 4.74 Å². The van der Waals surface area contributed by atoms with Crippen LogP contribution in [0, 0.1) is 0 Å². The van der Waals surface area contributed by atoms with E-state index >= 15 is 0 Å². The summed E-state index contributed by atoms with van der Waals surface area (Å²) in [6.45, 7) is 3.28. The van der Waals surface area contributed by atoms with Crippen LogP contribution >= 0.6 is 0 Å². The highest BCUT2D eigenvalue weighted by molar-refractivity contribution is 5.94. The molecule has 2 heterocycles. The van der Waals surface area contributed by atoms with Gasteiger partial charge in [-0.25, -0.2) is 4.98 Å². The molecule has 36 heavy (non-hydrogen) atoms. The summed E-state index contributed by atoms with van der Waals surface area (Å²) in [5.41, 5.74) is 2.60. The summed E-state index contributed by atoms with van der Waals surface area (Å²) in [4.78, 5) is 24.6. The van der Waals surface area contributed by atoms with Crippen molar-refractivity contribution in [3.8, 4) is 5.75 Å². The first-order valence-corrected chi connectivity index (χ1v) is 11.7. The lowest BCUT2D eigenvalue weighted by atomic mass is 10.1. The summed E-state index contributed by atoms with van der Waals surface area (Å²) in [5.74, 6) is 1.33. The summed E-state index contributed by atoms with van der Waals surface area (Å²) in [5, 5.41) is 0. The molecule has 0 radical (unpaired) electrons. The topological polar surface area (TPSA) is 61.5 Å². The molecule has 1 aromatic heterocycles. The Kier molecular flexibility index (Phi) is 6.65. The largest absolute Gasteiger partial charge is 0.486 e. The van der Waals surface area contributed by atoms with Crippen LogP contribution in [0.4, 0.5) is 13.2 Å². The number of aromatic nitrogens is 2. The number of carbonyl (C=O) groups excluding carboxylic acids is 1. The average molecular weight is 495 g/mol. The normalized spacial score (nSPS) is 14.8.